The number of benzene rings is 3. The van der Waals surface area contributed by atoms with Crippen molar-refractivity contribution in [1.82, 2.24) is 4.90 Å². The molecule has 0 aliphatic carbocycles. The van der Waals surface area contributed by atoms with E-state index in [1.54, 1.807) is 35.2 Å². The van der Waals surface area contributed by atoms with Gasteiger partial charge >= 0.3 is 0 Å². The lowest BCUT2D eigenvalue weighted by Crippen LogP contribution is -2.49. The fourth-order valence-corrected chi connectivity index (χ4v) is 5.34. The Morgan fingerprint density at radius 2 is 1.56 bits per heavy atom. The highest BCUT2D eigenvalue weighted by atomic mass is 35.5. The van der Waals surface area contributed by atoms with Gasteiger partial charge in [-0.3, -0.25) is 9.52 Å². The predicted octanol–water partition coefficient (Wildman–Crippen LogP) is 5.37. The molecule has 34 heavy (non-hydrogen) atoms. The molecule has 1 aliphatic heterocycles. The van der Waals surface area contributed by atoms with Crippen molar-refractivity contribution in [3.8, 4) is 0 Å². The molecule has 0 bridgehead atoms. The maximum atomic E-state index is 13.2. The zero-order valence-corrected chi connectivity index (χ0v) is 21.2. The Balaban J connectivity index is 1.48. The van der Waals surface area contributed by atoms with Gasteiger partial charge in [-0.15, -0.1) is 0 Å². The zero-order valence-electron chi connectivity index (χ0n) is 18.9. The molecule has 0 unspecified atom stereocenters. The van der Waals surface area contributed by atoms with Crippen molar-refractivity contribution in [2.75, 3.05) is 35.8 Å². The molecule has 1 fully saturated rings. The van der Waals surface area contributed by atoms with Gasteiger partial charge in [-0.05, 0) is 61.9 Å². The molecule has 0 spiro atoms. The molecule has 1 saturated heterocycles. The number of carbonyl (C=O) groups excluding carboxylic acids is 1. The van der Waals surface area contributed by atoms with E-state index in [1.165, 1.54) is 12.1 Å². The maximum Gasteiger partial charge on any atom is 0.261 e. The molecule has 1 heterocycles. The number of halogens is 2. The monoisotopic (exact) mass is 517 g/mol. The van der Waals surface area contributed by atoms with E-state index in [0.717, 1.165) is 16.8 Å². The van der Waals surface area contributed by atoms with Gasteiger partial charge in [0, 0.05) is 42.6 Å². The number of nitrogens with one attached hydrogen (secondary N) is 1. The van der Waals surface area contributed by atoms with Crippen molar-refractivity contribution in [1.29, 1.82) is 0 Å². The topological polar surface area (TPSA) is 69.7 Å². The molecule has 3 aromatic carbocycles. The van der Waals surface area contributed by atoms with Crippen LogP contribution in [0.5, 0.6) is 0 Å². The summed E-state index contributed by atoms with van der Waals surface area (Å²) in [6, 6.07) is 16.9. The first-order chi connectivity index (χ1) is 16.1. The van der Waals surface area contributed by atoms with E-state index in [-0.39, 0.29) is 27.1 Å². The summed E-state index contributed by atoms with van der Waals surface area (Å²) >= 11 is 12.5. The number of piperazine rings is 1. The highest BCUT2D eigenvalue weighted by Crippen LogP contribution is 2.27. The number of nitrogens with zero attached hydrogens (tertiary/aromatic N) is 2. The Hall–Kier alpha value is -2.74. The largest absolute Gasteiger partial charge is 0.368 e. The Kier molecular flexibility index (Phi) is 7.07. The minimum absolute atomic E-state index is 0.147. The summed E-state index contributed by atoms with van der Waals surface area (Å²) in [6.45, 7) is 6.26. The fourth-order valence-electron chi connectivity index (χ4n) is 3.93. The molecule has 0 aromatic heterocycles. The lowest BCUT2D eigenvalue weighted by Gasteiger charge is -2.37. The SMILES string of the molecule is Cc1ccc(S(=O)(=O)Nc2ccc(Cl)c(C(=O)N3CCN(c4cc(Cl)ccc4C)CC3)c2)cc1. The van der Waals surface area contributed by atoms with Gasteiger partial charge in [0.05, 0.1) is 15.5 Å². The second-order valence-corrected chi connectivity index (χ2v) is 10.8. The standard InChI is InChI=1S/C25H25Cl2N3O3S/c1-17-3-8-21(9-4-17)34(32,33)28-20-7-10-23(27)22(16-20)25(31)30-13-11-29(12-14-30)24-15-19(26)6-5-18(24)2/h3-10,15-16,28H,11-14H2,1-2H3. The third-order valence-corrected chi connectivity index (χ3v) is 7.82. The maximum absolute atomic E-state index is 13.2. The molecule has 0 atom stereocenters. The fraction of sp³-hybridized carbons (Fsp3) is 0.240. The second kappa shape index (κ2) is 9.86. The number of hydrogen-bond donors (Lipinski definition) is 1. The Morgan fingerprint density at radius 3 is 2.24 bits per heavy atom. The number of rotatable bonds is 5. The van der Waals surface area contributed by atoms with E-state index in [0.29, 0.717) is 31.2 Å². The molecule has 0 radical (unpaired) electrons. The number of sulfonamides is 1. The van der Waals surface area contributed by atoms with Crippen molar-refractivity contribution in [2.45, 2.75) is 18.7 Å². The molecule has 9 heteroatoms. The summed E-state index contributed by atoms with van der Waals surface area (Å²) in [4.78, 5) is 17.3. The lowest BCUT2D eigenvalue weighted by atomic mass is 10.1. The minimum atomic E-state index is -3.79. The number of aryl methyl sites for hydroxylation is 2. The molecule has 4 rings (SSSR count). The second-order valence-electron chi connectivity index (χ2n) is 8.32. The number of hydrogen-bond acceptors (Lipinski definition) is 4. The first-order valence-electron chi connectivity index (χ1n) is 10.8. The Labute approximate surface area is 210 Å². The molecule has 1 amide bonds. The minimum Gasteiger partial charge on any atom is -0.368 e. The van der Waals surface area contributed by atoms with Crippen LogP contribution in [-0.4, -0.2) is 45.4 Å². The van der Waals surface area contributed by atoms with Gasteiger partial charge < -0.3 is 9.80 Å². The molecule has 1 N–H and O–H groups in total. The number of carbonyl (C=O) groups is 1. The molecule has 6 nitrogen and oxygen atoms in total. The van der Waals surface area contributed by atoms with Gasteiger partial charge in [0.15, 0.2) is 0 Å². The quantitative estimate of drug-likeness (QED) is 0.493. The highest BCUT2D eigenvalue weighted by molar-refractivity contribution is 7.92. The first-order valence-corrected chi connectivity index (χ1v) is 13.1. The zero-order chi connectivity index (χ0) is 24.5. The van der Waals surface area contributed by atoms with Crippen LogP contribution < -0.4 is 9.62 Å². The number of amides is 1. The van der Waals surface area contributed by atoms with Crippen LogP contribution >= 0.6 is 23.2 Å². The van der Waals surface area contributed by atoms with Gasteiger partial charge in [-0.2, -0.15) is 0 Å². The van der Waals surface area contributed by atoms with Crippen LogP contribution in [0.3, 0.4) is 0 Å². The van der Waals surface area contributed by atoms with Crippen LogP contribution in [0, 0.1) is 13.8 Å². The van der Waals surface area contributed by atoms with Gasteiger partial charge in [0.2, 0.25) is 0 Å². The van der Waals surface area contributed by atoms with Crippen LogP contribution in [-0.2, 0) is 10.0 Å². The number of anilines is 2. The van der Waals surface area contributed by atoms with Crippen molar-refractivity contribution >= 4 is 50.5 Å². The Morgan fingerprint density at radius 1 is 0.882 bits per heavy atom. The van der Waals surface area contributed by atoms with E-state index in [9.17, 15) is 13.2 Å². The third kappa shape index (κ3) is 5.32. The Bertz CT molecular complexity index is 1320. The molecule has 3 aromatic rings. The van der Waals surface area contributed by atoms with Gasteiger partial charge in [0.25, 0.3) is 15.9 Å². The summed E-state index contributed by atoms with van der Waals surface area (Å²) in [7, 11) is -3.79. The first kappa shape index (κ1) is 24.4. The van der Waals surface area contributed by atoms with Crippen LogP contribution in [0.15, 0.2) is 65.6 Å². The summed E-state index contributed by atoms with van der Waals surface area (Å²) in [6.07, 6.45) is 0. The summed E-state index contributed by atoms with van der Waals surface area (Å²) in [5.74, 6) is -0.233. The molecule has 0 saturated carbocycles. The predicted molar refractivity (Wildman–Crippen MR) is 138 cm³/mol. The van der Waals surface area contributed by atoms with E-state index < -0.39 is 10.0 Å². The van der Waals surface area contributed by atoms with Crippen molar-refractivity contribution in [3.05, 3.63) is 87.4 Å². The summed E-state index contributed by atoms with van der Waals surface area (Å²) in [5.41, 5.74) is 3.69. The van der Waals surface area contributed by atoms with Gasteiger partial charge in [-0.1, -0.05) is 47.0 Å². The van der Waals surface area contributed by atoms with Crippen molar-refractivity contribution in [3.63, 3.8) is 0 Å². The van der Waals surface area contributed by atoms with E-state index >= 15 is 0 Å². The van der Waals surface area contributed by atoms with E-state index in [2.05, 4.69) is 9.62 Å². The van der Waals surface area contributed by atoms with Gasteiger partial charge in [0.1, 0.15) is 0 Å². The van der Waals surface area contributed by atoms with E-state index in [1.807, 2.05) is 32.0 Å². The molecule has 1 aliphatic rings. The molecule has 178 valence electrons. The van der Waals surface area contributed by atoms with Gasteiger partial charge in [-0.25, -0.2) is 8.42 Å². The van der Waals surface area contributed by atoms with Crippen LogP contribution in [0.25, 0.3) is 0 Å². The average Bonchev–Trinajstić information content (AvgIpc) is 2.82. The van der Waals surface area contributed by atoms with Crippen molar-refractivity contribution < 1.29 is 13.2 Å². The summed E-state index contributed by atoms with van der Waals surface area (Å²) in [5, 5.41) is 0.951. The van der Waals surface area contributed by atoms with Crippen molar-refractivity contribution in [2.24, 2.45) is 0 Å². The van der Waals surface area contributed by atoms with Crippen LogP contribution in [0.2, 0.25) is 10.0 Å². The van der Waals surface area contributed by atoms with E-state index in [4.69, 9.17) is 23.2 Å². The smallest absolute Gasteiger partial charge is 0.261 e. The molecular formula is C25H25Cl2N3O3S. The average molecular weight is 518 g/mol. The normalized spacial score (nSPS) is 14.2. The van der Waals surface area contributed by atoms with Crippen LogP contribution in [0.4, 0.5) is 11.4 Å². The summed E-state index contributed by atoms with van der Waals surface area (Å²) < 4.78 is 28.0. The lowest BCUT2D eigenvalue weighted by molar-refractivity contribution is 0.0747. The van der Waals surface area contributed by atoms with Crippen LogP contribution in [0.1, 0.15) is 21.5 Å². The highest BCUT2D eigenvalue weighted by Gasteiger charge is 2.25. The molecular weight excluding hydrogens is 493 g/mol. The third-order valence-electron chi connectivity index (χ3n) is 5.86.